The Morgan fingerprint density at radius 2 is 2.15 bits per heavy atom. The second-order valence-corrected chi connectivity index (χ2v) is 5.65. The highest BCUT2D eigenvalue weighted by molar-refractivity contribution is 14.0. The second-order valence-electron chi connectivity index (χ2n) is 5.65. The smallest absolute Gasteiger partial charge is 0.222 e. The molecule has 1 atom stereocenters. The Bertz CT molecular complexity index is 344. The second kappa shape index (κ2) is 8.69. The number of nitrogens with zero attached hydrogens (tertiary/aromatic N) is 2. The summed E-state index contributed by atoms with van der Waals surface area (Å²) in [6, 6.07) is 0.321. The van der Waals surface area contributed by atoms with Gasteiger partial charge in [0.2, 0.25) is 5.91 Å². The molecule has 0 spiro atoms. The van der Waals surface area contributed by atoms with Crippen molar-refractivity contribution in [3.8, 4) is 0 Å². The Balaban J connectivity index is 0.00000200. The fraction of sp³-hybridized carbons (Fsp3) is 0.857. The van der Waals surface area contributed by atoms with Crippen molar-refractivity contribution in [2.24, 2.45) is 10.9 Å². The molecular weight excluding hydrogens is 367 g/mol. The Kier molecular flexibility index (Phi) is 7.61. The number of halogens is 1. The van der Waals surface area contributed by atoms with Gasteiger partial charge in [-0.2, -0.15) is 0 Å². The Morgan fingerprint density at radius 3 is 2.75 bits per heavy atom. The molecule has 6 heteroatoms. The van der Waals surface area contributed by atoms with Crippen molar-refractivity contribution in [2.75, 3.05) is 26.7 Å². The molecule has 1 amide bonds. The predicted octanol–water partition coefficient (Wildman–Crippen LogP) is 1.58. The molecule has 0 aromatic rings. The van der Waals surface area contributed by atoms with E-state index in [1.54, 1.807) is 4.90 Å². The number of guanidine groups is 1. The minimum absolute atomic E-state index is 0. The molecule has 0 aromatic heterocycles. The van der Waals surface area contributed by atoms with Crippen LogP contribution in [0.2, 0.25) is 0 Å². The normalized spacial score (nSPS) is 23.3. The fourth-order valence-electron chi connectivity index (χ4n) is 2.41. The fourth-order valence-corrected chi connectivity index (χ4v) is 2.41. The van der Waals surface area contributed by atoms with Gasteiger partial charge in [-0.3, -0.25) is 9.79 Å². The molecule has 20 heavy (non-hydrogen) atoms. The van der Waals surface area contributed by atoms with Gasteiger partial charge in [-0.1, -0.05) is 12.8 Å². The number of likely N-dealkylation sites (tertiary alicyclic amines) is 1. The van der Waals surface area contributed by atoms with Gasteiger partial charge in [0.05, 0.1) is 0 Å². The molecule has 2 rings (SSSR count). The molecule has 2 N–H and O–H groups in total. The van der Waals surface area contributed by atoms with Crippen LogP contribution in [0.15, 0.2) is 4.99 Å². The molecule has 1 aliphatic carbocycles. The van der Waals surface area contributed by atoms with Gasteiger partial charge in [0, 0.05) is 39.1 Å². The molecule has 1 unspecified atom stereocenters. The van der Waals surface area contributed by atoms with Crippen molar-refractivity contribution in [3.63, 3.8) is 0 Å². The summed E-state index contributed by atoms with van der Waals surface area (Å²) >= 11 is 0. The van der Waals surface area contributed by atoms with Crippen molar-refractivity contribution >= 4 is 35.8 Å². The SMILES string of the molecule is CCNC(=NCCC1CC1)NC1CCC(=O)N(C)C1.I. The minimum atomic E-state index is 0. The van der Waals surface area contributed by atoms with Gasteiger partial charge < -0.3 is 15.5 Å². The third-order valence-electron chi connectivity index (χ3n) is 3.82. The third kappa shape index (κ3) is 5.85. The summed E-state index contributed by atoms with van der Waals surface area (Å²) in [6.45, 7) is 4.62. The summed E-state index contributed by atoms with van der Waals surface area (Å²) in [6.07, 6.45) is 5.51. The first-order chi connectivity index (χ1) is 9.19. The van der Waals surface area contributed by atoms with Gasteiger partial charge in [-0.25, -0.2) is 0 Å². The van der Waals surface area contributed by atoms with E-state index in [1.165, 1.54) is 19.3 Å². The molecule has 5 nitrogen and oxygen atoms in total. The van der Waals surface area contributed by atoms with Gasteiger partial charge in [0.1, 0.15) is 0 Å². The number of likely N-dealkylation sites (N-methyl/N-ethyl adjacent to an activating group) is 1. The summed E-state index contributed by atoms with van der Waals surface area (Å²) in [5.41, 5.74) is 0. The molecule has 1 aliphatic heterocycles. The summed E-state index contributed by atoms with van der Waals surface area (Å²) < 4.78 is 0. The molecular formula is C14H27IN4O. The number of hydrogen-bond acceptors (Lipinski definition) is 2. The first-order valence-electron chi connectivity index (χ1n) is 7.48. The monoisotopic (exact) mass is 394 g/mol. The van der Waals surface area contributed by atoms with Crippen LogP contribution >= 0.6 is 24.0 Å². The van der Waals surface area contributed by atoms with E-state index in [4.69, 9.17) is 0 Å². The Labute approximate surface area is 139 Å². The average Bonchev–Trinajstić information content (AvgIpc) is 3.18. The molecule has 0 radical (unpaired) electrons. The topological polar surface area (TPSA) is 56.7 Å². The van der Waals surface area contributed by atoms with E-state index in [0.29, 0.717) is 12.5 Å². The van der Waals surface area contributed by atoms with Crippen LogP contribution in [0.4, 0.5) is 0 Å². The summed E-state index contributed by atoms with van der Waals surface area (Å²) in [7, 11) is 1.87. The largest absolute Gasteiger partial charge is 0.357 e. The van der Waals surface area contributed by atoms with E-state index in [1.807, 2.05) is 7.05 Å². The van der Waals surface area contributed by atoms with Crippen molar-refractivity contribution in [1.29, 1.82) is 0 Å². The maximum Gasteiger partial charge on any atom is 0.222 e. The standard InChI is InChI=1S/C14H26N4O.HI/c1-3-15-14(16-9-8-11-4-5-11)17-12-6-7-13(19)18(2)10-12;/h11-12H,3-10H2,1-2H3,(H2,15,16,17);1H. The molecule has 1 heterocycles. The van der Waals surface area contributed by atoms with Gasteiger partial charge in [0.15, 0.2) is 5.96 Å². The van der Waals surface area contributed by atoms with Crippen LogP contribution in [-0.2, 0) is 4.79 Å². The van der Waals surface area contributed by atoms with Crippen molar-refractivity contribution in [2.45, 2.75) is 45.1 Å². The molecule has 0 aromatic carbocycles. The number of aliphatic imine (C=N–C) groups is 1. The number of piperidine rings is 1. The van der Waals surface area contributed by atoms with Crippen LogP contribution in [0, 0.1) is 5.92 Å². The quantitative estimate of drug-likeness (QED) is 0.423. The van der Waals surface area contributed by atoms with Gasteiger partial charge >= 0.3 is 0 Å². The molecule has 0 bridgehead atoms. The van der Waals surface area contributed by atoms with Gasteiger partial charge in [-0.15, -0.1) is 24.0 Å². The first kappa shape index (κ1) is 17.5. The maximum atomic E-state index is 11.5. The van der Waals surface area contributed by atoms with E-state index >= 15 is 0 Å². The molecule has 1 saturated heterocycles. The van der Waals surface area contributed by atoms with Crippen LogP contribution in [0.3, 0.4) is 0 Å². The van der Waals surface area contributed by atoms with Crippen LogP contribution in [0.1, 0.15) is 39.0 Å². The zero-order valence-corrected chi connectivity index (χ0v) is 14.9. The average molecular weight is 394 g/mol. The van der Waals surface area contributed by atoms with Gasteiger partial charge in [0.25, 0.3) is 0 Å². The molecule has 1 saturated carbocycles. The molecule has 116 valence electrons. The highest BCUT2D eigenvalue weighted by Crippen LogP contribution is 2.32. The molecule has 2 fully saturated rings. The van der Waals surface area contributed by atoms with Crippen LogP contribution < -0.4 is 10.6 Å². The van der Waals surface area contributed by atoms with Crippen LogP contribution in [0.25, 0.3) is 0 Å². The summed E-state index contributed by atoms with van der Waals surface area (Å²) in [5.74, 6) is 2.06. The van der Waals surface area contributed by atoms with E-state index in [2.05, 4.69) is 22.5 Å². The highest BCUT2D eigenvalue weighted by atomic mass is 127. The third-order valence-corrected chi connectivity index (χ3v) is 3.82. The number of carbonyl (C=O) groups excluding carboxylic acids is 1. The van der Waals surface area contributed by atoms with Crippen molar-refractivity contribution < 1.29 is 4.79 Å². The lowest BCUT2D eigenvalue weighted by atomic mass is 10.1. The Morgan fingerprint density at radius 1 is 1.40 bits per heavy atom. The number of hydrogen-bond donors (Lipinski definition) is 2. The predicted molar refractivity (Wildman–Crippen MR) is 92.5 cm³/mol. The van der Waals surface area contributed by atoms with E-state index in [-0.39, 0.29) is 29.9 Å². The van der Waals surface area contributed by atoms with Crippen molar-refractivity contribution in [1.82, 2.24) is 15.5 Å². The lowest BCUT2D eigenvalue weighted by molar-refractivity contribution is -0.132. The zero-order valence-electron chi connectivity index (χ0n) is 12.5. The lowest BCUT2D eigenvalue weighted by Gasteiger charge is -2.31. The highest BCUT2D eigenvalue weighted by Gasteiger charge is 2.23. The first-order valence-corrected chi connectivity index (χ1v) is 7.48. The van der Waals surface area contributed by atoms with Crippen LogP contribution in [0.5, 0.6) is 0 Å². The number of carbonyl (C=O) groups is 1. The number of nitrogens with one attached hydrogen (secondary N) is 2. The Hall–Kier alpha value is -0.530. The van der Waals surface area contributed by atoms with Gasteiger partial charge in [-0.05, 0) is 25.7 Å². The summed E-state index contributed by atoms with van der Waals surface area (Å²) in [5, 5.41) is 6.73. The number of rotatable bonds is 5. The van der Waals surface area contributed by atoms with E-state index in [9.17, 15) is 4.79 Å². The zero-order chi connectivity index (χ0) is 13.7. The summed E-state index contributed by atoms with van der Waals surface area (Å²) in [4.78, 5) is 17.9. The molecule has 2 aliphatic rings. The lowest BCUT2D eigenvalue weighted by Crippen LogP contribution is -2.51. The van der Waals surface area contributed by atoms with Crippen molar-refractivity contribution in [3.05, 3.63) is 0 Å². The van der Waals surface area contributed by atoms with Crippen LogP contribution in [-0.4, -0.2) is 49.5 Å². The van der Waals surface area contributed by atoms with E-state index in [0.717, 1.165) is 37.9 Å². The van der Waals surface area contributed by atoms with E-state index < -0.39 is 0 Å². The minimum Gasteiger partial charge on any atom is -0.357 e. The number of amides is 1. The maximum absolute atomic E-state index is 11.5.